The molecule has 3 rings (SSSR count). The normalized spacial score (nSPS) is 18.5. The average Bonchev–Trinajstić information content (AvgIpc) is 3.00. The van der Waals surface area contributed by atoms with Crippen molar-refractivity contribution in [2.24, 2.45) is 5.10 Å². The maximum absolute atomic E-state index is 11.5. The van der Waals surface area contributed by atoms with Crippen LogP contribution in [0.15, 0.2) is 53.6 Å². The van der Waals surface area contributed by atoms with Crippen molar-refractivity contribution >= 4 is 33.1 Å². The number of hydrogen-bond acceptors (Lipinski definition) is 7. The van der Waals surface area contributed by atoms with E-state index in [-0.39, 0.29) is 23.2 Å². The number of anilines is 2. The molecule has 1 fully saturated rings. The highest BCUT2D eigenvalue weighted by atomic mass is 32.2. The number of benzene rings is 2. The third-order valence-corrected chi connectivity index (χ3v) is 6.17. The highest BCUT2D eigenvalue weighted by Gasteiger charge is 2.27. The Morgan fingerprint density at radius 3 is 2.63 bits per heavy atom. The summed E-state index contributed by atoms with van der Waals surface area (Å²) in [5.74, 6) is 0.220. The largest absolute Gasteiger partial charge is 0.339 e. The lowest BCUT2D eigenvalue weighted by Crippen LogP contribution is -2.25. The number of nitrogens with zero attached hydrogens (tertiary/aromatic N) is 3. The molecule has 2 aromatic carbocycles. The van der Waals surface area contributed by atoms with Crippen molar-refractivity contribution in [2.45, 2.75) is 12.5 Å². The fourth-order valence-corrected chi connectivity index (χ4v) is 4.62. The van der Waals surface area contributed by atoms with E-state index >= 15 is 0 Å². The van der Waals surface area contributed by atoms with E-state index in [9.17, 15) is 18.5 Å². The molecule has 0 unspecified atom stereocenters. The lowest BCUT2D eigenvalue weighted by molar-refractivity contribution is -0.384. The minimum Gasteiger partial charge on any atom is -0.339 e. The third kappa shape index (κ3) is 4.62. The number of rotatable bonds is 6. The van der Waals surface area contributed by atoms with E-state index in [2.05, 4.69) is 10.5 Å². The molecule has 0 saturated carbocycles. The smallest absolute Gasteiger partial charge is 0.293 e. The van der Waals surface area contributed by atoms with E-state index in [1.807, 2.05) is 30.3 Å². The van der Waals surface area contributed by atoms with Gasteiger partial charge in [-0.1, -0.05) is 24.3 Å². The monoisotopic (exact) mass is 388 g/mol. The number of para-hydroxylation sites is 1. The van der Waals surface area contributed by atoms with Gasteiger partial charge in [-0.2, -0.15) is 5.10 Å². The summed E-state index contributed by atoms with van der Waals surface area (Å²) in [6.07, 6.45) is 1.98. The molecule has 9 heteroatoms. The van der Waals surface area contributed by atoms with Crippen LogP contribution in [0.25, 0.3) is 0 Å². The first-order valence-corrected chi connectivity index (χ1v) is 10.2. The van der Waals surface area contributed by atoms with Crippen LogP contribution >= 0.6 is 0 Å². The summed E-state index contributed by atoms with van der Waals surface area (Å²) >= 11 is 0. The molecule has 8 nitrogen and oxygen atoms in total. The molecule has 0 amide bonds. The van der Waals surface area contributed by atoms with Gasteiger partial charge in [-0.25, -0.2) is 8.42 Å². The Morgan fingerprint density at radius 1 is 1.26 bits per heavy atom. The van der Waals surface area contributed by atoms with Crippen LogP contribution in [0.5, 0.6) is 0 Å². The lowest BCUT2D eigenvalue weighted by Gasteiger charge is -2.19. The molecular weight excluding hydrogens is 368 g/mol. The molecule has 0 aromatic heterocycles. The highest BCUT2D eigenvalue weighted by Crippen LogP contribution is 2.32. The van der Waals surface area contributed by atoms with E-state index in [0.29, 0.717) is 17.7 Å². The molecule has 2 aromatic rings. The molecule has 0 spiro atoms. The van der Waals surface area contributed by atoms with Crippen LogP contribution in [0.1, 0.15) is 12.0 Å². The van der Waals surface area contributed by atoms with Gasteiger partial charge in [0.05, 0.1) is 28.7 Å². The second-order valence-corrected chi connectivity index (χ2v) is 8.62. The SMILES string of the molecule is CN(c1ccccc1)c1ccc(/C=N\N[C@H]2CCS(=O)(=O)C2)cc1[N+](=O)[O-]. The molecule has 1 aliphatic heterocycles. The number of nitrogens with one attached hydrogen (secondary N) is 1. The summed E-state index contributed by atoms with van der Waals surface area (Å²) in [7, 11) is -1.21. The molecule has 1 aliphatic rings. The average molecular weight is 388 g/mol. The van der Waals surface area contributed by atoms with E-state index in [1.165, 1.54) is 12.3 Å². The first-order chi connectivity index (χ1) is 12.9. The summed E-state index contributed by atoms with van der Waals surface area (Å²) in [5.41, 5.74) is 4.64. The maximum atomic E-state index is 11.5. The second kappa shape index (κ2) is 7.75. The molecule has 0 bridgehead atoms. The summed E-state index contributed by atoms with van der Waals surface area (Å²) in [5, 5.41) is 15.6. The first kappa shape index (κ1) is 18.8. The number of hydrogen-bond donors (Lipinski definition) is 1. The van der Waals surface area contributed by atoms with Gasteiger partial charge in [0.15, 0.2) is 9.84 Å². The molecule has 0 radical (unpaired) electrons. The molecular formula is C18H20N4O4S. The Labute approximate surface area is 157 Å². The first-order valence-electron chi connectivity index (χ1n) is 8.42. The van der Waals surface area contributed by atoms with Crippen molar-refractivity contribution in [3.8, 4) is 0 Å². The van der Waals surface area contributed by atoms with Crippen molar-refractivity contribution in [2.75, 3.05) is 23.5 Å². The van der Waals surface area contributed by atoms with E-state index < -0.39 is 14.8 Å². The molecule has 0 aliphatic carbocycles. The van der Waals surface area contributed by atoms with Gasteiger partial charge in [0, 0.05) is 24.4 Å². The van der Waals surface area contributed by atoms with Gasteiger partial charge in [-0.3, -0.25) is 10.1 Å². The zero-order chi connectivity index (χ0) is 19.4. The van der Waals surface area contributed by atoms with Crippen LogP contribution in [-0.2, 0) is 9.84 Å². The summed E-state index contributed by atoms with van der Waals surface area (Å²) in [4.78, 5) is 12.8. The Morgan fingerprint density at radius 2 is 2.00 bits per heavy atom. The van der Waals surface area contributed by atoms with E-state index in [0.717, 1.165) is 5.69 Å². The van der Waals surface area contributed by atoms with E-state index in [1.54, 1.807) is 24.1 Å². The molecule has 1 saturated heterocycles. The highest BCUT2D eigenvalue weighted by molar-refractivity contribution is 7.91. The molecule has 142 valence electrons. The van der Waals surface area contributed by atoms with Crippen LogP contribution in [0.3, 0.4) is 0 Å². The van der Waals surface area contributed by atoms with Gasteiger partial charge < -0.3 is 10.3 Å². The third-order valence-electron chi connectivity index (χ3n) is 4.40. The standard InChI is InChI=1S/C18H20N4O4S/c1-21(16-5-3-2-4-6-16)17-8-7-14(11-18(17)22(23)24)12-19-20-15-9-10-27(25,26)13-15/h2-8,11-12,15,20H,9-10,13H2,1H3/b19-12-/t15-/m0/s1. The Kier molecular flexibility index (Phi) is 5.41. The second-order valence-electron chi connectivity index (χ2n) is 6.39. The quantitative estimate of drug-likeness (QED) is 0.463. The van der Waals surface area contributed by atoms with Crippen LogP contribution in [0, 0.1) is 10.1 Å². The Balaban J connectivity index is 1.77. The summed E-state index contributed by atoms with van der Waals surface area (Å²) < 4.78 is 22.9. The van der Waals surface area contributed by atoms with Crippen molar-refractivity contribution in [3.05, 3.63) is 64.2 Å². The van der Waals surface area contributed by atoms with Crippen LogP contribution in [0.2, 0.25) is 0 Å². The zero-order valence-corrected chi connectivity index (χ0v) is 15.6. The van der Waals surface area contributed by atoms with Crippen LogP contribution in [-0.4, -0.2) is 44.2 Å². The number of nitro groups is 1. The molecule has 1 heterocycles. The van der Waals surface area contributed by atoms with Gasteiger partial charge in [-0.15, -0.1) is 0 Å². The van der Waals surface area contributed by atoms with E-state index in [4.69, 9.17) is 0 Å². The summed E-state index contributed by atoms with van der Waals surface area (Å²) in [6, 6.07) is 14.0. The van der Waals surface area contributed by atoms with Gasteiger partial charge in [0.1, 0.15) is 5.69 Å². The van der Waals surface area contributed by atoms with Crippen molar-refractivity contribution in [1.29, 1.82) is 0 Å². The zero-order valence-electron chi connectivity index (χ0n) is 14.8. The minimum atomic E-state index is -2.98. The molecule has 1 atom stereocenters. The van der Waals surface area contributed by atoms with Crippen LogP contribution in [0.4, 0.5) is 17.1 Å². The lowest BCUT2D eigenvalue weighted by atomic mass is 10.1. The van der Waals surface area contributed by atoms with Gasteiger partial charge in [0.25, 0.3) is 5.69 Å². The molecule has 1 N–H and O–H groups in total. The van der Waals surface area contributed by atoms with Crippen molar-refractivity contribution in [3.63, 3.8) is 0 Å². The van der Waals surface area contributed by atoms with Gasteiger partial charge in [0.2, 0.25) is 0 Å². The van der Waals surface area contributed by atoms with Crippen LogP contribution < -0.4 is 10.3 Å². The number of sulfone groups is 1. The minimum absolute atomic E-state index is 0.0336. The van der Waals surface area contributed by atoms with Gasteiger partial charge >= 0.3 is 0 Å². The maximum Gasteiger partial charge on any atom is 0.293 e. The topological polar surface area (TPSA) is 105 Å². The number of hydrazone groups is 1. The van der Waals surface area contributed by atoms with Crippen molar-refractivity contribution in [1.82, 2.24) is 5.43 Å². The fraction of sp³-hybridized carbons (Fsp3) is 0.278. The molecule has 27 heavy (non-hydrogen) atoms. The predicted molar refractivity (Wildman–Crippen MR) is 105 cm³/mol. The van der Waals surface area contributed by atoms with Crippen molar-refractivity contribution < 1.29 is 13.3 Å². The predicted octanol–water partition coefficient (Wildman–Crippen LogP) is 2.47. The fourth-order valence-electron chi connectivity index (χ4n) is 2.96. The van der Waals surface area contributed by atoms with Gasteiger partial charge in [-0.05, 0) is 24.6 Å². The Bertz CT molecular complexity index is 961. The Hall–Kier alpha value is -2.94. The summed E-state index contributed by atoms with van der Waals surface area (Å²) in [6.45, 7) is 0. The number of nitro benzene ring substituents is 1.